The van der Waals surface area contributed by atoms with E-state index in [-0.39, 0.29) is 5.91 Å². The van der Waals surface area contributed by atoms with E-state index in [1.807, 2.05) is 16.6 Å². The molecule has 2 N–H and O–H groups in total. The Balaban J connectivity index is 1.56. The molecule has 0 saturated carbocycles. The lowest BCUT2D eigenvalue weighted by Crippen LogP contribution is -2.61. The number of nitrogens with zero attached hydrogens (tertiary/aromatic N) is 4. The van der Waals surface area contributed by atoms with Gasteiger partial charge in [0.05, 0.1) is 11.2 Å². The number of hydrogen-bond donors (Lipinski definition) is 1. The van der Waals surface area contributed by atoms with Crippen molar-refractivity contribution in [2.45, 2.75) is 38.8 Å². The van der Waals surface area contributed by atoms with E-state index in [1.54, 1.807) is 0 Å². The highest BCUT2D eigenvalue weighted by Gasteiger charge is 2.39. The van der Waals surface area contributed by atoms with Gasteiger partial charge in [0.2, 0.25) is 5.91 Å². The van der Waals surface area contributed by atoms with Crippen molar-refractivity contribution in [3.63, 3.8) is 0 Å². The number of rotatable bonds is 3. The molecule has 7 nitrogen and oxygen atoms in total. The van der Waals surface area contributed by atoms with Crippen molar-refractivity contribution in [1.29, 1.82) is 0 Å². The standard InChI is InChI=1S/C17H29N5O2/c1-13-15(14(2)20(3)19-13)12-21-6-8-22(9-7-21)16(23)17(18)4-10-24-11-5-17/h4-12,18H2,1-3H3. The van der Waals surface area contributed by atoms with Gasteiger partial charge in [0, 0.05) is 64.2 Å². The summed E-state index contributed by atoms with van der Waals surface area (Å²) < 4.78 is 7.28. The topological polar surface area (TPSA) is 76.6 Å². The highest BCUT2D eigenvalue weighted by molar-refractivity contribution is 5.86. The number of carbonyl (C=O) groups excluding carboxylic acids is 1. The van der Waals surface area contributed by atoms with Crippen LogP contribution in [0.1, 0.15) is 29.8 Å². The smallest absolute Gasteiger partial charge is 0.242 e. The number of piperazine rings is 1. The molecule has 0 spiro atoms. The lowest BCUT2D eigenvalue weighted by molar-refractivity contribution is -0.142. The molecule has 0 aliphatic carbocycles. The summed E-state index contributed by atoms with van der Waals surface area (Å²) in [6.45, 7) is 9.49. The molecule has 0 aromatic carbocycles. The van der Waals surface area contributed by atoms with Crippen molar-refractivity contribution in [3.8, 4) is 0 Å². The van der Waals surface area contributed by atoms with E-state index in [0.717, 1.165) is 38.4 Å². The number of aryl methyl sites for hydroxylation is 2. The van der Waals surface area contributed by atoms with Gasteiger partial charge in [-0.25, -0.2) is 0 Å². The minimum atomic E-state index is -0.725. The van der Waals surface area contributed by atoms with Gasteiger partial charge in [0.15, 0.2) is 0 Å². The van der Waals surface area contributed by atoms with E-state index in [0.29, 0.717) is 26.1 Å². The highest BCUT2D eigenvalue weighted by atomic mass is 16.5. The quantitative estimate of drug-likeness (QED) is 0.853. The van der Waals surface area contributed by atoms with E-state index < -0.39 is 5.54 Å². The summed E-state index contributed by atoms with van der Waals surface area (Å²) in [7, 11) is 1.98. The molecule has 2 aliphatic heterocycles. The van der Waals surface area contributed by atoms with Gasteiger partial charge in [-0.15, -0.1) is 0 Å². The van der Waals surface area contributed by atoms with E-state index >= 15 is 0 Å². The lowest BCUT2D eigenvalue weighted by atomic mass is 9.89. The maximum absolute atomic E-state index is 12.8. The number of nitrogens with two attached hydrogens (primary N) is 1. The maximum Gasteiger partial charge on any atom is 0.242 e. The zero-order valence-corrected chi connectivity index (χ0v) is 15.0. The molecule has 0 unspecified atom stereocenters. The van der Waals surface area contributed by atoms with Crippen LogP contribution in [0.5, 0.6) is 0 Å². The van der Waals surface area contributed by atoms with Gasteiger partial charge in [-0.3, -0.25) is 14.4 Å². The fourth-order valence-electron chi connectivity index (χ4n) is 3.64. The maximum atomic E-state index is 12.8. The Kier molecular flexibility index (Phi) is 4.94. The van der Waals surface area contributed by atoms with Gasteiger partial charge < -0.3 is 15.4 Å². The zero-order chi connectivity index (χ0) is 17.3. The van der Waals surface area contributed by atoms with Crippen LogP contribution in [-0.2, 0) is 23.1 Å². The van der Waals surface area contributed by atoms with E-state index in [1.165, 1.54) is 11.3 Å². The summed E-state index contributed by atoms with van der Waals surface area (Å²) in [6, 6.07) is 0. The summed E-state index contributed by atoms with van der Waals surface area (Å²) in [4.78, 5) is 17.1. The second-order valence-corrected chi connectivity index (χ2v) is 7.11. The third-order valence-corrected chi connectivity index (χ3v) is 5.51. The summed E-state index contributed by atoms with van der Waals surface area (Å²) in [5, 5.41) is 4.49. The first kappa shape index (κ1) is 17.4. The minimum absolute atomic E-state index is 0.0965. The Morgan fingerprint density at radius 2 is 1.83 bits per heavy atom. The van der Waals surface area contributed by atoms with Crippen molar-refractivity contribution >= 4 is 5.91 Å². The molecule has 0 bridgehead atoms. The largest absolute Gasteiger partial charge is 0.381 e. The molecular formula is C17H29N5O2. The Hall–Kier alpha value is -1.44. The molecule has 0 atom stereocenters. The van der Waals surface area contributed by atoms with Crippen LogP contribution in [0.15, 0.2) is 0 Å². The summed E-state index contributed by atoms with van der Waals surface area (Å²) >= 11 is 0. The number of ether oxygens (including phenoxy) is 1. The number of aromatic nitrogens is 2. The Labute approximate surface area is 143 Å². The minimum Gasteiger partial charge on any atom is -0.381 e. The molecule has 7 heteroatoms. The first-order chi connectivity index (χ1) is 11.4. The third-order valence-electron chi connectivity index (χ3n) is 5.51. The second-order valence-electron chi connectivity index (χ2n) is 7.11. The molecule has 1 aromatic rings. The Morgan fingerprint density at radius 3 is 2.38 bits per heavy atom. The summed E-state index contributed by atoms with van der Waals surface area (Å²) in [5.74, 6) is 0.0965. The van der Waals surface area contributed by atoms with Gasteiger partial charge in [-0.05, 0) is 26.7 Å². The second kappa shape index (κ2) is 6.82. The average Bonchev–Trinajstić information content (AvgIpc) is 2.82. The predicted octanol–water partition coefficient (Wildman–Crippen LogP) is 0.189. The van der Waals surface area contributed by atoms with Gasteiger partial charge in [0.25, 0.3) is 0 Å². The molecule has 3 rings (SSSR count). The monoisotopic (exact) mass is 335 g/mol. The average molecular weight is 335 g/mol. The molecule has 24 heavy (non-hydrogen) atoms. The van der Waals surface area contributed by atoms with E-state index in [9.17, 15) is 4.79 Å². The van der Waals surface area contributed by atoms with Crippen LogP contribution in [0.4, 0.5) is 0 Å². The van der Waals surface area contributed by atoms with Crippen molar-refractivity contribution < 1.29 is 9.53 Å². The summed E-state index contributed by atoms with van der Waals surface area (Å²) in [6.07, 6.45) is 1.25. The highest BCUT2D eigenvalue weighted by Crippen LogP contribution is 2.22. The number of carbonyl (C=O) groups is 1. The van der Waals surface area contributed by atoms with Crippen LogP contribution in [0.3, 0.4) is 0 Å². The molecule has 1 amide bonds. The summed E-state index contributed by atoms with van der Waals surface area (Å²) in [5.41, 5.74) is 9.23. The van der Waals surface area contributed by atoms with Crippen molar-refractivity contribution in [2.75, 3.05) is 39.4 Å². The molecule has 3 heterocycles. The van der Waals surface area contributed by atoms with Crippen LogP contribution in [0.25, 0.3) is 0 Å². The Morgan fingerprint density at radius 1 is 1.21 bits per heavy atom. The molecule has 1 aromatic heterocycles. The van der Waals surface area contributed by atoms with Gasteiger partial charge in [0.1, 0.15) is 0 Å². The van der Waals surface area contributed by atoms with Gasteiger partial charge >= 0.3 is 0 Å². The van der Waals surface area contributed by atoms with Gasteiger partial charge in [-0.2, -0.15) is 5.10 Å². The first-order valence-electron chi connectivity index (χ1n) is 8.78. The zero-order valence-electron chi connectivity index (χ0n) is 15.0. The van der Waals surface area contributed by atoms with Crippen LogP contribution < -0.4 is 5.73 Å². The van der Waals surface area contributed by atoms with Crippen LogP contribution in [0, 0.1) is 13.8 Å². The number of hydrogen-bond acceptors (Lipinski definition) is 5. The van der Waals surface area contributed by atoms with Crippen LogP contribution in [0.2, 0.25) is 0 Å². The lowest BCUT2D eigenvalue weighted by Gasteiger charge is -2.41. The molecule has 134 valence electrons. The van der Waals surface area contributed by atoms with E-state index in [2.05, 4.69) is 23.8 Å². The molecule has 2 fully saturated rings. The van der Waals surface area contributed by atoms with Crippen LogP contribution in [-0.4, -0.2) is 70.4 Å². The van der Waals surface area contributed by atoms with Crippen molar-refractivity contribution in [2.24, 2.45) is 12.8 Å². The molecule has 0 radical (unpaired) electrons. The normalized spacial score (nSPS) is 21.9. The van der Waals surface area contributed by atoms with Gasteiger partial charge in [-0.1, -0.05) is 0 Å². The molecule has 2 aliphatic rings. The predicted molar refractivity (Wildman–Crippen MR) is 91.5 cm³/mol. The fraction of sp³-hybridized carbons (Fsp3) is 0.765. The third kappa shape index (κ3) is 3.34. The SMILES string of the molecule is Cc1nn(C)c(C)c1CN1CCN(C(=O)C2(N)CCOCC2)CC1. The molecule has 2 saturated heterocycles. The first-order valence-corrected chi connectivity index (χ1v) is 8.78. The van der Waals surface area contributed by atoms with Crippen molar-refractivity contribution in [3.05, 3.63) is 17.0 Å². The fourth-order valence-corrected chi connectivity index (χ4v) is 3.64. The molecular weight excluding hydrogens is 306 g/mol. The van der Waals surface area contributed by atoms with Crippen LogP contribution >= 0.6 is 0 Å². The Bertz CT molecular complexity index is 598. The number of amides is 1. The van der Waals surface area contributed by atoms with E-state index in [4.69, 9.17) is 10.5 Å². The van der Waals surface area contributed by atoms with Crippen molar-refractivity contribution in [1.82, 2.24) is 19.6 Å².